The van der Waals surface area contributed by atoms with Crippen molar-refractivity contribution in [1.29, 1.82) is 0 Å². The van der Waals surface area contributed by atoms with Gasteiger partial charge < -0.3 is 4.74 Å². The van der Waals surface area contributed by atoms with Gasteiger partial charge in [-0.2, -0.15) is 5.10 Å². The molecule has 0 bridgehead atoms. The van der Waals surface area contributed by atoms with Crippen molar-refractivity contribution in [3.63, 3.8) is 0 Å². The van der Waals surface area contributed by atoms with E-state index in [1.807, 2.05) is 12.1 Å². The Morgan fingerprint density at radius 2 is 1.65 bits per heavy atom. The zero-order chi connectivity index (χ0) is 22.1. The summed E-state index contributed by atoms with van der Waals surface area (Å²) in [5.41, 5.74) is 4.02. The number of hydrogen-bond donors (Lipinski definition) is 2. The highest BCUT2D eigenvalue weighted by atomic mass is 35.5. The predicted molar refractivity (Wildman–Crippen MR) is 120 cm³/mol. The van der Waals surface area contributed by atoms with Gasteiger partial charge >= 0.3 is 0 Å². The lowest BCUT2D eigenvalue weighted by Gasteiger charge is -2.07. The van der Waals surface area contributed by atoms with Crippen LogP contribution in [0.5, 0.6) is 5.75 Å². The number of carbonyl (C=O) groups excluding carboxylic acids is 1. The third-order valence-corrected chi connectivity index (χ3v) is 5.75. The van der Waals surface area contributed by atoms with Gasteiger partial charge in [-0.05, 0) is 59.7 Å². The van der Waals surface area contributed by atoms with Crippen LogP contribution in [-0.4, -0.2) is 27.1 Å². The smallest absolute Gasteiger partial charge is 0.255 e. The Morgan fingerprint density at radius 1 is 0.968 bits per heavy atom. The summed E-state index contributed by atoms with van der Waals surface area (Å²) < 4.78 is 32.1. The molecule has 9 heteroatoms. The SMILES string of the molecule is O=C(CNS(=O)(=O)c1ccccc1)N/N=C/c1ccc(OCc2ccc(Cl)cc2)cc1. The molecule has 3 aromatic rings. The molecule has 0 fully saturated rings. The van der Waals surface area contributed by atoms with Gasteiger partial charge in [-0.3, -0.25) is 4.79 Å². The average Bonchev–Trinajstić information content (AvgIpc) is 2.79. The summed E-state index contributed by atoms with van der Waals surface area (Å²) in [6, 6.07) is 22.3. The monoisotopic (exact) mass is 457 g/mol. The second-order valence-corrected chi connectivity index (χ2v) is 8.62. The van der Waals surface area contributed by atoms with E-state index in [1.165, 1.54) is 18.3 Å². The first-order valence-electron chi connectivity index (χ1n) is 9.26. The maximum absolute atomic E-state index is 12.1. The van der Waals surface area contributed by atoms with Crippen molar-refractivity contribution < 1.29 is 17.9 Å². The van der Waals surface area contributed by atoms with E-state index in [-0.39, 0.29) is 4.90 Å². The highest BCUT2D eigenvalue weighted by Gasteiger charge is 2.14. The van der Waals surface area contributed by atoms with Crippen LogP contribution in [0.4, 0.5) is 0 Å². The molecule has 0 aliphatic carbocycles. The Hall–Kier alpha value is -3.20. The summed E-state index contributed by atoms with van der Waals surface area (Å²) in [6.07, 6.45) is 1.45. The van der Waals surface area contributed by atoms with Gasteiger partial charge in [0, 0.05) is 5.02 Å². The van der Waals surface area contributed by atoms with Gasteiger partial charge in [-0.25, -0.2) is 18.6 Å². The predicted octanol–water partition coefficient (Wildman–Crippen LogP) is 3.35. The quantitative estimate of drug-likeness (QED) is 0.380. The van der Waals surface area contributed by atoms with Gasteiger partial charge in [0.2, 0.25) is 10.0 Å². The zero-order valence-corrected chi connectivity index (χ0v) is 17.9. The molecule has 1 amide bonds. The van der Waals surface area contributed by atoms with E-state index in [0.29, 0.717) is 17.4 Å². The van der Waals surface area contributed by atoms with Crippen molar-refractivity contribution in [3.05, 3.63) is 95.0 Å². The number of carbonyl (C=O) groups is 1. The number of rotatable bonds is 9. The van der Waals surface area contributed by atoms with Crippen molar-refractivity contribution in [2.24, 2.45) is 5.10 Å². The molecule has 0 aliphatic heterocycles. The van der Waals surface area contributed by atoms with Crippen LogP contribution in [0.2, 0.25) is 5.02 Å². The lowest BCUT2D eigenvalue weighted by Crippen LogP contribution is -2.34. The molecule has 0 radical (unpaired) electrons. The third-order valence-electron chi connectivity index (χ3n) is 4.08. The number of hydrogen-bond acceptors (Lipinski definition) is 5. The standard InChI is InChI=1S/C22H20ClN3O4S/c23-19-10-6-18(7-11-19)16-30-20-12-8-17(9-13-20)14-24-26-22(27)15-25-31(28,29)21-4-2-1-3-5-21/h1-14,25H,15-16H2,(H,26,27)/b24-14+. The van der Waals surface area contributed by atoms with Crippen LogP contribution in [0.15, 0.2) is 88.9 Å². The fourth-order valence-electron chi connectivity index (χ4n) is 2.46. The minimum absolute atomic E-state index is 0.0877. The van der Waals surface area contributed by atoms with Gasteiger partial charge in [0.15, 0.2) is 0 Å². The molecule has 0 heterocycles. The largest absolute Gasteiger partial charge is 0.489 e. The van der Waals surface area contributed by atoms with Crippen LogP contribution in [0.3, 0.4) is 0 Å². The number of amides is 1. The van der Waals surface area contributed by atoms with E-state index in [2.05, 4.69) is 15.2 Å². The molecule has 0 aromatic heterocycles. The van der Waals surface area contributed by atoms with Crippen molar-refractivity contribution >= 4 is 33.7 Å². The second-order valence-electron chi connectivity index (χ2n) is 6.41. The number of benzene rings is 3. The topological polar surface area (TPSA) is 96.9 Å². The van der Waals surface area contributed by atoms with Crippen LogP contribution in [-0.2, 0) is 21.4 Å². The zero-order valence-electron chi connectivity index (χ0n) is 16.4. The molecule has 0 spiro atoms. The molecule has 0 saturated heterocycles. The summed E-state index contributed by atoms with van der Waals surface area (Å²) in [6.45, 7) is -0.00834. The molecule has 0 saturated carbocycles. The van der Waals surface area contributed by atoms with Gasteiger partial charge in [0.05, 0.1) is 17.7 Å². The molecule has 7 nitrogen and oxygen atoms in total. The fraction of sp³-hybridized carbons (Fsp3) is 0.0909. The molecule has 0 atom stereocenters. The lowest BCUT2D eigenvalue weighted by molar-refractivity contribution is -0.119. The molecule has 3 aromatic carbocycles. The Labute approximate surface area is 185 Å². The highest BCUT2D eigenvalue weighted by molar-refractivity contribution is 7.89. The normalized spacial score (nSPS) is 11.4. The Kier molecular flexibility index (Phi) is 7.77. The summed E-state index contributed by atoms with van der Waals surface area (Å²) >= 11 is 5.86. The maximum Gasteiger partial charge on any atom is 0.255 e. The highest BCUT2D eigenvalue weighted by Crippen LogP contribution is 2.15. The molecular weight excluding hydrogens is 438 g/mol. The molecule has 0 unspecified atom stereocenters. The van der Waals surface area contributed by atoms with E-state index in [4.69, 9.17) is 16.3 Å². The number of halogens is 1. The minimum Gasteiger partial charge on any atom is -0.489 e. The van der Waals surface area contributed by atoms with Crippen molar-refractivity contribution in [2.75, 3.05) is 6.54 Å². The van der Waals surface area contributed by atoms with Gasteiger partial charge in [-0.15, -0.1) is 0 Å². The number of hydrazone groups is 1. The first-order chi connectivity index (χ1) is 14.9. The van der Waals surface area contributed by atoms with E-state index in [1.54, 1.807) is 54.6 Å². The Bertz CT molecular complexity index is 1130. The minimum atomic E-state index is -3.75. The first kappa shape index (κ1) is 22.5. The summed E-state index contributed by atoms with van der Waals surface area (Å²) in [5.74, 6) is 0.102. The first-order valence-corrected chi connectivity index (χ1v) is 11.1. The lowest BCUT2D eigenvalue weighted by atomic mass is 10.2. The summed E-state index contributed by atoms with van der Waals surface area (Å²) in [7, 11) is -3.75. The van der Waals surface area contributed by atoms with Gasteiger partial charge in [0.1, 0.15) is 12.4 Å². The third kappa shape index (κ3) is 7.21. The molecular formula is C22H20ClN3O4S. The fourth-order valence-corrected chi connectivity index (χ4v) is 3.59. The number of nitrogens with zero attached hydrogens (tertiary/aromatic N) is 1. The van der Waals surface area contributed by atoms with Crippen LogP contribution in [0.1, 0.15) is 11.1 Å². The van der Waals surface area contributed by atoms with Crippen molar-refractivity contribution in [3.8, 4) is 5.75 Å². The van der Waals surface area contributed by atoms with Crippen LogP contribution < -0.4 is 14.9 Å². The molecule has 0 aliphatic rings. The van der Waals surface area contributed by atoms with Crippen LogP contribution >= 0.6 is 11.6 Å². The van der Waals surface area contributed by atoms with E-state index in [9.17, 15) is 13.2 Å². The maximum atomic E-state index is 12.1. The van der Waals surface area contributed by atoms with Gasteiger partial charge in [-0.1, -0.05) is 41.9 Å². The molecule has 31 heavy (non-hydrogen) atoms. The second kappa shape index (κ2) is 10.7. The van der Waals surface area contributed by atoms with E-state index >= 15 is 0 Å². The number of nitrogens with one attached hydrogen (secondary N) is 2. The number of ether oxygens (including phenoxy) is 1. The van der Waals surface area contributed by atoms with Crippen LogP contribution in [0, 0.1) is 0 Å². The van der Waals surface area contributed by atoms with Gasteiger partial charge in [0.25, 0.3) is 5.91 Å². The van der Waals surface area contributed by atoms with Crippen LogP contribution in [0.25, 0.3) is 0 Å². The van der Waals surface area contributed by atoms with E-state index in [0.717, 1.165) is 11.1 Å². The molecule has 3 rings (SSSR count). The summed E-state index contributed by atoms with van der Waals surface area (Å²) in [5, 5.41) is 4.51. The summed E-state index contributed by atoms with van der Waals surface area (Å²) in [4.78, 5) is 11.9. The Balaban J connectivity index is 1.44. The Morgan fingerprint density at radius 3 is 2.32 bits per heavy atom. The average molecular weight is 458 g/mol. The van der Waals surface area contributed by atoms with Crippen molar-refractivity contribution in [1.82, 2.24) is 10.1 Å². The van der Waals surface area contributed by atoms with E-state index < -0.39 is 22.5 Å². The molecule has 2 N–H and O–H groups in total. The molecule has 160 valence electrons. The van der Waals surface area contributed by atoms with Crippen molar-refractivity contribution in [2.45, 2.75) is 11.5 Å². The number of sulfonamides is 1.